The van der Waals surface area contributed by atoms with Crippen molar-refractivity contribution in [3.63, 3.8) is 0 Å². The molecule has 0 atom stereocenters. The summed E-state index contributed by atoms with van der Waals surface area (Å²) in [6.45, 7) is 6.39. The third-order valence-corrected chi connectivity index (χ3v) is 4.21. The second-order valence-corrected chi connectivity index (χ2v) is 6.06. The Morgan fingerprint density at radius 2 is 2.00 bits per heavy atom. The van der Waals surface area contributed by atoms with Gasteiger partial charge in [-0.1, -0.05) is 6.92 Å². The fourth-order valence-corrected chi connectivity index (χ4v) is 2.82. The lowest BCUT2D eigenvalue weighted by Crippen LogP contribution is -2.41. The molecule has 0 radical (unpaired) electrons. The average Bonchev–Trinajstić information content (AvgIpc) is 2.58. The number of amides is 1. The van der Waals surface area contributed by atoms with E-state index in [0.29, 0.717) is 12.4 Å². The number of benzene rings is 1. The zero-order valence-corrected chi connectivity index (χ0v) is 13.9. The van der Waals surface area contributed by atoms with Crippen LogP contribution in [0.15, 0.2) is 24.3 Å². The Morgan fingerprint density at radius 1 is 1.30 bits per heavy atom. The molecule has 1 fully saturated rings. The van der Waals surface area contributed by atoms with Gasteiger partial charge in [0.15, 0.2) is 0 Å². The van der Waals surface area contributed by atoms with Gasteiger partial charge in [-0.05, 0) is 63.0 Å². The lowest BCUT2D eigenvalue weighted by atomic mass is 9.96. The first-order valence-corrected chi connectivity index (χ1v) is 8.57. The van der Waals surface area contributed by atoms with Gasteiger partial charge in [-0.15, -0.1) is 0 Å². The van der Waals surface area contributed by atoms with E-state index in [-0.39, 0.29) is 17.6 Å². The highest BCUT2D eigenvalue weighted by atomic mass is 19.1. The van der Waals surface area contributed by atoms with E-state index in [0.717, 1.165) is 51.9 Å². The maximum Gasteiger partial charge on any atom is 0.223 e. The fraction of sp³-hybridized carbons (Fsp3) is 0.611. The highest BCUT2D eigenvalue weighted by Crippen LogP contribution is 2.17. The summed E-state index contributed by atoms with van der Waals surface area (Å²) in [7, 11) is 0. The normalized spacial score (nSPS) is 16.3. The predicted octanol–water partition coefficient (Wildman–Crippen LogP) is 2.83. The number of hydrogen-bond donors (Lipinski definition) is 1. The molecule has 1 amide bonds. The number of nitrogens with one attached hydrogen (secondary N) is 1. The van der Waals surface area contributed by atoms with E-state index < -0.39 is 0 Å². The number of nitrogens with zero attached hydrogens (tertiary/aromatic N) is 1. The first kappa shape index (κ1) is 17.7. The summed E-state index contributed by atoms with van der Waals surface area (Å²) >= 11 is 0. The number of carbonyl (C=O) groups excluding carboxylic acids is 1. The van der Waals surface area contributed by atoms with Crippen LogP contribution in [0.4, 0.5) is 4.39 Å². The average molecular weight is 322 g/mol. The van der Waals surface area contributed by atoms with Crippen LogP contribution in [0, 0.1) is 11.7 Å². The van der Waals surface area contributed by atoms with Crippen molar-refractivity contribution in [2.24, 2.45) is 5.92 Å². The summed E-state index contributed by atoms with van der Waals surface area (Å²) in [6.07, 6.45) is 3.80. The predicted molar refractivity (Wildman–Crippen MR) is 89.0 cm³/mol. The number of rotatable bonds is 8. The largest absolute Gasteiger partial charge is 0.494 e. The molecule has 1 aliphatic heterocycles. The van der Waals surface area contributed by atoms with Crippen molar-refractivity contribution in [3.05, 3.63) is 30.1 Å². The Kier molecular flexibility index (Phi) is 7.33. The number of ether oxygens (including phenoxy) is 1. The minimum absolute atomic E-state index is 0.174. The van der Waals surface area contributed by atoms with Crippen molar-refractivity contribution in [2.45, 2.75) is 32.6 Å². The second kappa shape index (κ2) is 9.50. The minimum Gasteiger partial charge on any atom is -0.494 e. The Bertz CT molecular complexity index is 470. The minimum atomic E-state index is -0.247. The van der Waals surface area contributed by atoms with Gasteiger partial charge in [0, 0.05) is 19.0 Å². The Balaban J connectivity index is 1.57. The van der Waals surface area contributed by atoms with Crippen molar-refractivity contribution in [1.82, 2.24) is 10.2 Å². The van der Waals surface area contributed by atoms with Crippen molar-refractivity contribution >= 4 is 5.91 Å². The molecular formula is C18H27FN2O2. The summed E-state index contributed by atoms with van der Waals surface area (Å²) < 4.78 is 18.4. The van der Waals surface area contributed by atoms with Gasteiger partial charge in [-0.2, -0.15) is 0 Å². The highest BCUT2D eigenvalue weighted by molar-refractivity contribution is 5.78. The Hall–Kier alpha value is -1.62. The number of hydrogen-bond acceptors (Lipinski definition) is 3. The van der Waals surface area contributed by atoms with Gasteiger partial charge in [-0.25, -0.2) is 4.39 Å². The molecule has 1 N–H and O–H groups in total. The molecule has 4 nitrogen and oxygen atoms in total. The fourth-order valence-electron chi connectivity index (χ4n) is 2.82. The topological polar surface area (TPSA) is 41.6 Å². The van der Waals surface area contributed by atoms with Gasteiger partial charge in [0.1, 0.15) is 11.6 Å². The van der Waals surface area contributed by atoms with Gasteiger partial charge in [0.05, 0.1) is 6.61 Å². The molecule has 0 spiro atoms. The number of piperidine rings is 1. The summed E-state index contributed by atoms with van der Waals surface area (Å²) in [5, 5.41) is 2.99. The standard InChI is InChI=1S/C18H27FN2O2/c1-2-10-20-18(22)15-8-12-21(13-9-15)11-3-14-23-17-6-4-16(19)5-7-17/h4-7,15H,2-3,8-14H2,1H3,(H,20,22). The molecule has 2 rings (SSSR count). The van der Waals surface area contributed by atoms with E-state index in [1.165, 1.54) is 12.1 Å². The molecule has 0 aromatic heterocycles. The maximum atomic E-state index is 12.8. The zero-order valence-electron chi connectivity index (χ0n) is 13.9. The number of likely N-dealkylation sites (tertiary alicyclic amines) is 1. The van der Waals surface area contributed by atoms with E-state index in [2.05, 4.69) is 17.1 Å². The number of halogens is 1. The quantitative estimate of drug-likeness (QED) is 0.748. The van der Waals surface area contributed by atoms with Crippen LogP contribution in [0.25, 0.3) is 0 Å². The van der Waals surface area contributed by atoms with Crippen LogP contribution >= 0.6 is 0 Å². The second-order valence-electron chi connectivity index (χ2n) is 6.06. The molecule has 1 saturated heterocycles. The molecule has 0 saturated carbocycles. The first-order valence-electron chi connectivity index (χ1n) is 8.57. The summed E-state index contributed by atoms with van der Waals surface area (Å²) in [5.74, 6) is 0.848. The van der Waals surface area contributed by atoms with Crippen LogP contribution in [0.3, 0.4) is 0 Å². The molecule has 0 bridgehead atoms. The van der Waals surface area contributed by atoms with Crippen LogP contribution in [0.2, 0.25) is 0 Å². The third kappa shape index (κ3) is 6.18. The van der Waals surface area contributed by atoms with Crippen molar-refractivity contribution < 1.29 is 13.9 Å². The SMILES string of the molecule is CCCNC(=O)C1CCN(CCCOc2ccc(F)cc2)CC1. The van der Waals surface area contributed by atoms with Crippen molar-refractivity contribution in [1.29, 1.82) is 0 Å². The van der Waals surface area contributed by atoms with Crippen LogP contribution < -0.4 is 10.1 Å². The lowest BCUT2D eigenvalue weighted by molar-refractivity contribution is -0.126. The maximum absolute atomic E-state index is 12.8. The van der Waals surface area contributed by atoms with E-state index in [9.17, 15) is 9.18 Å². The van der Waals surface area contributed by atoms with Gasteiger partial charge in [-0.3, -0.25) is 4.79 Å². The molecule has 128 valence electrons. The molecule has 1 aromatic carbocycles. The molecule has 0 aliphatic carbocycles. The lowest BCUT2D eigenvalue weighted by Gasteiger charge is -2.31. The Morgan fingerprint density at radius 3 is 2.65 bits per heavy atom. The van der Waals surface area contributed by atoms with Crippen molar-refractivity contribution in [2.75, 3.05) is 32.8 Å². The monoisotopic (exact) mass is 322 g/mol. The third-order valence-electron chi connectivity index (χ3n) is 4.21. The van der Waals surface area contributed by atoms with Gasteiger partial charge in [0.2, 0.25) is 5.91 Å². The van der Waals surface area contributed by atoms with E-state index in [4.69, 9.17) is 4.74 Å². The summed E-state index contributed by atoms with van der Waals surface area (Å²) in [6, 6.07) is 6.11. The molecule has 1 heterocycles. The van der Waals surface area contributed by atoms with Crippen LogP contribution in [0.5, 0.6) is 5.75 Å². The van der Waals surface area contributed by atoms with Gasteiger partial charge < -0.3 is 15.0 Å². The van der Waals surface area contributed by atoms with Gasteiger partial charge in [0.25, 0.3) is 0 Å². The first-order chi connectivity index (χ1) is 11.2. The molecule has 23 heavy (non-hydrogen) atoms. The van der Waals surface area contributed by atoms with E-state index in [1.807, 2.05) is 0 Å². The molecule has 0 unspecified atom stereocenters. The van der Waals surface area contributed by atoms with Gasteiger partial charge >= 0.3 is 0 Å². The smallest absolute Gasteiger partial charge is 0.223 e. The van der Waals surface area contributed by atoms with Crippen LogP contribution in [-0.4, -0.2) is 43.6 Å². The van der Waals surface area contributed by atoms with E-state index in [1.54, 1.807) is 12.1 Å². The highest BCUT2D eigenvalue weighted by Gasteiger charge is 2.24. The van der Waals surface area contributed by atoms with Crippen LogP contribution in [-0.2, 0) is 4.79 Å². The van der Waals surface area contributed by atoms with E-state index >= 15 is 0 Å². The number of carbonyl (C=O) groups is 1. The zero-order chi connectivity index (χ0) is 16.5. The molecule has 1 aliphatic rings. The van der Waals surface area contributed by atoms with Crippen LogP contribution in [0.1, 0.15) is 32.6 Å². The summed E-state index contributed by atoms with van der Waals surface area (Å²) in [5.41, 5.74) is 0. The molecule has 5 heteroatoms. The summed E-state index contributed by atoms with van der Waals surface area (Å²) in [4.78, 5) is 14.3. The molecule has 1 aromatic rings. The molecular weight excluding hydrogens is 295 g/mol. The Labute approximate surface area is 138 Å². The van der Waals surface area contributed by atoms with Crippen molar-refractivity contribution in [3.8, 4) is 5.75 Å².